The Labute approximate surface area is 157 Å². The molecular weight excluding hydrogens is 466 g/mol. The summed E-state index contributed by atoms with van der Waals surface area (Å²) in [4.78, 5) is 0. The molecule has 110 valence electrons. The van der Waals surface area contributed by atoms with Crippen LogP contribution in [0.4, 0.5) is 0 Å². The third-order valence-corrected chi connectivity index (χ3v) is 3.71. The van der Waals surface area contributed by atoms with Crippen molar-refractivity contribution in [1.82, 2.24) is 0 Å². The van der Waals surface area contributed by atoms with E-state index in [1.807, 2.05) is 0 Å². The number of rotatable bonds is 1. The Morgan fingerprint density at radius 3 is 1.95 bits per heavy atom. The van der Waals surface area contributed by atoms with Crippen molar-refractivity contribution >= 4 is 35.6 Å². The van der Waals surface area contributed by atoms with Crippen molar-refractivity contribution in [2.45, 2.75) is 20.8 Å². The molecule has 0 spiro atoms. The fraction of sp³-hybridized carbons (Fsp3) is 0.167. The van der Waals surface area contributed by atoms with Gasteiger partial charge in [-0.05, 0) is 20.8 Å². The SMILES string of the molecule is Cc1ccc(-c2cc3cc(C)c(C)cc3[cH-]2)cc1.Cl.Cl.[Hf]. The summed E-state index contributed by atoms with van der Waals surface area (Å²) in [5.74, 6) is 0. The van der Waals surface area contributed by atoms with E-state index in [-0.39, 0.29) is 50.7 Å². The quantitative estimate of drug-likeness (QED) is 0.294. The summed E-state index contributed by atoms with van der Waals surface area (Å²) in [6.45, 7) is 6.47. The van der Waals surface area contributed by atoms with Crippen LogP contribution < -0.4 is 0 Å². The van der Waals surface area contributed by atoms with Gasteiger partial charge < -0.3 is 0 Å². The Morgan fingerprint density at radius 2 is 1.33 bits per heavy atom. The Morgan fingerprint density at radius 1 is 0.762 bits per heavy atom. The molecule has 0 atom stereocenters. The van der Waals surface area contributed by atoms with Crippen molar-refractivity contribution < 1.29 is 25.8 Å². The summed E-state index contributed by atoms with van der Waals surface area (Å²) in [7, 11) is 0. The molecular formula is C18H19Cl2Hf-. The van der Waals surface area contributed by atoms with Crippen molar-refractivity contribution in [3.05, 3.63) is 65.2 Å². The van der Waals surface area contributed by atoms with Crippen LogP contribution in [-0.4, -0.2) is 0 Å². The van der Waals surface area contributed by atoms with Crippen molar-refractivity contribution in [3.8, 4) is 11.1 Å². The molecule has 0 saturated heterocycles. The Bertz CT molecular complexity index is 673. The summed E-state index contributed by atoms with van der Waals surface area (Å²) >= 11 is 0. The summed E-state index contributed by atoms with van der Waals surface area (Å²) < 4.78 is 0. The minimum absolute atomic E-state index is 0. The van der Waals surface area contributed by atoms with E-state index in [0.29, 0.717) is 0 Å². The van der Waals surface area contributed by atoms with E-state index < -0.39 is 0 Å². The topological polar surface area (TPSA) is 0 Å². The van der Waals surface area contributed by atoms with Crippen LogP contribution in [0.1, 0.15) is 16.7 Å². The summed E-state index contributed by atoms with van der Waals surface area (Å²) in [6, 6.07) is 17.9. The number of benzene rings is 2. The summed E-state index contributed by atoms with van der Waals surface area (Å²) in [6.07, 6.45) is 0. The minimum atomic E-state index is 0. The van der Waals surface area contributed by atoms with Gasteiger partial charge in [0.15, 0.2) is 0 Å². The molecule has 0 bridgehead atoms. The smallest absolute Gasteiger partial charge is 0 e. The second-order valence-electron chi connectivity index (χ2n) is 5.18. The van der Waals surface area contributed by atoms with Gasteiger partial charge in [0.2, 0.25) is 0 Å². The third kappa shape index (κ3) is 4.25. The van der Waals surface area contributed by atoms with Crippen LogP contribution in [0.5, 0.6) is 0 Å². The van der Waals surface area contributed by atoms with Gasteiger partial charge in [0.25, 0.3) is 0 Å². The first-order valence-electron chi connectivity index (χ1n) is 6.38. The maximum atomic E-state index is 2.28. The van der Waals surface area contributed by atoms with E-state index in [0.717, 1.165) is 0 Å². The average Bonchev–Trinajstić information content (AvgIpc) is 2.73. The zero-order chi connectivity index (χ0) is 12.7. The third-order valence-electron chi connectivity index (χ3n) is 3.71. The van der Waals surface area contributed by atoms with Crippen molar-refractivity contribution in [2.75, 3.05) is 0 Å². The fourth-order valence-corrected chi connectivity index (χ4v) is 2.40. The molecule has 3 aromatic carbocycles. The number of hydrogen-bond donors (Lipinski definition) is 0. The van der Waals surface area contributed by atoms with E-state index in [1.54, 1.807) is 0 Å². The molecule has 0 radical (unpaired) electrons. The molecule has 0 heterocycles. The van der Waals surface area contributed by atoms with E-state index in [1.165, 1.54) is 38.6 Å². The largest absolute Gasteiger partial charge is 0.147 e. The van der Waals surface area contributed by atoms with Gasteiger partial charge in [-0.3, -0.25) is 0 Å². The fourth-order valence-electron chi connectivity index (χ4n) is 2.40. The summed E-state index contributed by atoms with van der Waals surface area (Å²) in [5.41, 5.74) is 6.65. The molecule has 0 aromatic heterocycles. The molecule has 21 heavy (non-hydrogen) atoms. The van der Waals surface area contributed by atoms with Crippen LogP contribution in [0, 0.1) is 20.8 Å². The molecule has 3 aromatic rings. The van der Waals surface area contributed by atoms with E-state index in [4.69, 9.17) is 0 Å². The van der Waals surface area contributed by atoms with Crippen LogP contribution in [0.2, 0.25) is 0 Å². The van der Waals surface area contributed by atoms with E-state index in [9.17, 15) is 0 Å². The number of hydrogen-bond acceptors (Lipinski definition) is 0. The van der Waals surface area contributed by atoms with E-state index >= 15 is 0 Å². The average molecular weight is 485 g/mol. The van der Waals surface area contributed by atoms with Gasteiger partial charge in [0.1, 0.15) is 0 Å². The maximum absolute atomic E-state index is 2.28. The van der Waals surface area contributed by atoms with Gasteiger partial charge in [0, 0.05) is 25.8 Å². The van der Waals surface area contributed by atoms with Gasteiger partial charge in [-0.2, -0.15) is 0 Å². The van der Waals surface area contributed by atoms with Gasteiger partial charge in [-0.15, -0.1) is 59.3 Å². The molecule has 0 nitrogen and oxygen atoms in total. The first kappa shape index (κ1) is 20.5. The van der Waals surface area contributed by atoms with Crippen molar-refractivity contribution in [2.24, 2.45) is 0 Å². The Balaban J connectivity index is 0.00000133. The number of halogens is 2. The van der Waals surface area contributed by atoms with Crippen LogP contribution >= 0.6 is 24.8 Å². The predicted molar refractivity (Wildman–Crippen MR) is 93.7 cm³/mol. The monoisotopic (exact) mass is 485 g/mol. The maximum Gasteiger partial charge on any atom is 0 e. The zero-order valence-electron chi connectivity index (χ0n) is 12.4. The summed E-state index contributed by atoms with van der Waals surface area (Å²) in [5, 5.41) is 2.68. The van der Waals surface area contributed by atoms with Crippen LogP contribution in [0.25, 0.3) is 21.9 Å². The van der Waals surface area contributed by atoms with Crippen molar-refractivity contribution in [1.29, 1.82) is 0 Å². The van der Waals surface area contributed by atoms with E-state index in [2.05, 4.69) is 69.3 Å². The number of aryl methyl sites for hydroxylation is 3. The van der Waals surface area contributed by atoms with Gasteiger partial charge >= 0.3 is 0 Å². The molecule has 0 N–H and O–H groups in total. The molecule has 0 aliphatic carbocycles. The zero-order valence-corrected chi connectivity index (χ0v) is 17.7. The molecule has 0 amide bonds. The van der Waals surface area contributed by atoms with Gasteiger partial charge in [-0.1, -0.05) is 52.6 Å². The Hall–Kier alpha value is -0.500. The molecule has 0 unspecified atom stereocenters. The van der Waals surface area contributed by atoms with Crippen LogP contribution in [0.15, 0.2) is 48.5 Å². The molecule has 0 aliphatic rings. The molecule has 3 heteroatoms. The minimum Gasteiger partial charge on any atom is -0.147 e. The normalized spacial score (nSPS) is 9.48. The second-order valence-corrected chi connectivity index (χ2v) is 5.18. The molecule has 3 rings (SSSR count). The molecule has 0 fully saturated rings. The number of fused-ring (bicyclic) bond motifs is 1. The Kier molecular flexibility index (Phi) is 8.02. The van der Waals surface area contributed by atoms with Gasteiger partial charge in [-0.25, -0.2) is 0 Å². The predicted octanol–water partition coefficient (Wildman–Crippen LogP) is 5.99. The van der Waals surface area contributed by atoms with Crippen molar-refractivity contribution in [3.63, 3.8) is 0 Å². The first-order valence-corrected chi connectivity index (χ1v) is 6.38. The first-order chi connectivity index (χ1) is 8.63. The van der Waals surface area contributed by atoms with Gasteiger partial charge in [0.05, 0.1) is 0 Å². The molecule has 0 aliphatic heterocycles. The molecule has 0 saturated carbocycles. The van der Waals surface area contributed by atoms with Crippen LogP contribution in [0.3, 0.4) is 0 Å². The standard InChI is InChI=1S/C18H17.2ClH.Hf/c1-12-4-6-15(7-5-12)18-10-16-8-13(2)14(3)9-17(16)11-18;;;/h4-11H,1-3H3;2*1H;/q-1;;;. The second kappa shape index (κ2) is 8.22. The van der Waals surface area contributed by atoms with Crippen LogP contribution in [-0.2, 0) is 25.8 Å².